The van der Waals surface area contributed by atoms with E-state index >= 15 is 0 Å². The van der Waals surface area contributed by atoms with E-state index in [2.05, 4.69) is 13.8 Å². The van der Waals surface area contributed by atoms with E-state index in [-0.39, 0.29) is 17.7 Å². The summed E-state index contributed by atoms with van der Waals surface area (Å²) in [5.74, 6) is -0.559. The van der Waals surface area contributed by atoms with Crippen molar-refractivity contribution in [1.29, 1.82) is 0 Å². The Morgan fingerprint density at radius 3 is 2.65 bits per heavy atom. The van der Waals surface area contributed by atoms with Crippen molar-refractivity contribution >= 4 is 11.8 Å². The third-order valence-corrected chi connectivity index (χ3v) is 5.93. The quantitative estimate of drug-likeness (QED) is 0.596. The van der Waals surface area contributed by atoms with Crippen LogP contribution in [0.3, 0.4) is 0 Å². The Kier molecular flexibility index (Phi) is 3.99. The molecule has 2 aliphatic heterocycles. The lowest BCUT2D eigenvalue weighted by Gasteiger charge is -2.44. The summed E-state index contributed by atoms with van der Waals surface area (Å²) in [6, 6.07) is 0. The molecule has 1 fully saturated rings. The van der Waals surface area contributed by atoms with Gasteiger partial charge in [0.25, 0.3) is 0 Å². The van der Waals surface area contributed by atoms with Crippen molar-refractivity contribution in [3.63, 3.8) is 0 Å². The molecule has 1 saturated carbocycles. The van der Waals surface area contributed by atoms with E-state index in [1.807, 2.05) is 12.2 Å². The average molecular weight is 318 g/mol. The van der Waals surface area contributed by atoms with E-state index in [9.17, 15) is 14.7 Å². The minimum Gasteiger partial charge on any atom is -0.453 e. The van der Waals surface area contributed by atoms with Gasteiger partial charge < -0.3 is 9.84 Å². The van der Waals surface area contributed by atoms with E-state index in [4.69, 9.17) is 4.74 Å². The highest BCUT2D eigenvalue weighted by atomic mass is 16.6. The zero-order valence-corrected chi connectivity index (χ0v) is 14.2. The monoisotopic (exact) mass is 318 g/mol. The molecule has 4 heteroatoms. The van der Waals surface area contributed by atoms with Gasteiger partial charge in [-0.1, -0.05) is 31.6 Å². The number of carbonyl (C=O) groups is 2. The predicted octanol–water partition coefficient (Wildman–Crippen LogP) is 3.09. The molecule has 3 atom stereocenters. The van der Waals surface area contributed by atoms with Crippen molar-refractivity contribution < 1.29 is 19.4 Å². The van der Waals surface area contributed by atoms with Crippen LogP contribution in [0.25, 0.3) is 0 Å². The highest BCUT2D eigenvalue weighted by molar-refractivity contribution is 5.90. The molecule has 0 amide bonds. The van der Waals surface area contributed by atoms with Crippen molar-refractivity contribution in [2.24, 2.45) is 11.8 Å². The summed E-state index contributed by atoms with van der Waals surface area (Å²) in [7, 11) is 0. The van der Waals surface area contributed by atoms with E-state index in [0.717, 1.165) is 12.0 Å². The number of aliphatic hydroxyl groups is 1. The van der Waals surface area contributed by atoms with Gasteiger partial charge in [0.1, 0.15) is 17.0 Å². The number of hydrogen-bond donors (Lipinski definition) is 1. The number of hydrogen-bond acceptors (Lipinski definition) is 4. The summed E-state index contributed by atoms with van der Waals surface area (Å²) in [4.78, 5) is 25.0. The molecule has 23 heavy (non-hydrogen) atoms. The van der Waals surface area contributed by atoms with Crippen LogP contribution in [-0.2, 0) is 14.3 Å². The van der Waals surface area contributed by atoms with Gasteiger partial charge >= 0.3 is 5.97 Å². The fourth-order valence-corrected chi connectivity index (χ4v) is 4.21. The van der Waals surface area contributed by atoms with Crippen molar-refractivity contribution in [3.05, 3.63) is 23.3 Å². The van der Waals surface area contributed by atoms with Crippen LogP contribution in [-0.4, -0.2) is 28.1 Å². The van der Waals surface area contributed by atoms with Crippen LogP contribution in [0.4, 0.5) is 0 Å². The summed E-state index contributed by atoms with van der Waals surface area (Å²) in [5.41, 5.74) is -0.476. The molecule has 0 aromatic heterocycles. The normalized spacial score (nSPS) is 40.1. The van der Waals surface area contributed by atoms with Gasteiger partial charge in [-0.15, -0.1) is 0 Å². The third-order valence-electron chi connectivity index (χ3n) is 5.93. The molecule has 1 N–H and O–H groups in total. The second-order valence-electron chi connectivity index (χ2n) is 7.65. The maximum absolute atomic E-state index is 12.5. The van der Waals surface area contributed by atoms with Crippen LogP contribution < -0.4 is 0 Å². The summed E-state index contributed by atoms with van der Waals surface area (Å²) in [6.45, 7) is 5.98. The fourth-order valence-electron chi connectivity index (χ4n) is 4.21. The van der Waals surface area contributed by atoms with Gasteiger partial charge in [-0.05, 0) is 44.9 Å². The zero-order valence-electron chi connectivity index (χ0n) is 14.2. The van der Waals surface area contributed by atoms with Gasteiger partial charge in [0, 0.05) is 12.0 Å². The standard InChI is InChI=1S/C19H26O4/c1-12(2)14-7-6-13-5-4-9-18(3,23-17(13)21)19(22)10-8-16(20)15(19)11-14/h5,11-12,15,22H,4,6-10H2,1-3H3/b14-11+/t15-,18-,19+/m0/s1. The Balaban J connectivity index is 2.15. The van der Waals surface area contributed by atoms with Gasteiger partial charge in [-0.25, -0.2) is 4.79 Å². The first-order valence-electron chi connectivity index (χ1n) is 8.65. The number of ketones is 1. The van der Waals surface area contributed by atoms with E-state index in [1.165, 1.54) is 0 Å². The molecule has 126 valence electrons. The average Bonchev–Trinajstić information content (AvgIpc) is 2.67. The maximum atomic E-state index is 12.5. The minimum absolute atomic E-state index is 0.0564. The largest absolute Gasteiger partial charge is 0.453 e. The molecular formula is C19H26O4. The van der Waals surface area contributed by atoms with Gasteiger partial charge in [0.15, 0.2) is 0 Å². The topological polar surface area (TPSA) is 63.6 Å². The zero-order chi connectivity index (χ0) is 16.8. The Morgan fingerprint density at radius 1 is 1.22 bits per heavy atom. The van der Waals surface area contributed by atoms with Crippen LogP contribution in [0.1, 0.15) is 59.3 Å². The van der Waals surface area contributed by atoms with Crippen LogP contribution >= 0.6 is 0 Å². The van der Waals surface area contributed by atoms with Gasteiger partial charge in [0.2, 0.25) is 0 Å². The van der Waals surface area contributed by atoms with Crippen molar-refractivity contribution in [2.45, 2.75) is 70.5 Å². The van der Waals surface area contributed by atoms with Crippen molar-refractivity contribution in [2.75, 3.05) is 0 Å². The number of carbonyl (C=O) groups excluding carboxylic acids is 2. The first kappa shape index (κ1) is 16.4. The Morgan fingerprint density at radius 2 is 1.96 bits per heavy atom. The first-order chi connectivity index (χ1) is 10.8. The number of rotatable bonds is 1. The summed E-state index contributed by atoms with van der Waals surface area (Å²) in [6.07, 6.45) is 7.24. The predicted molar refractivity (Wildman–Crippen MR) is 86.6 cm³/mol. The van der Waals surface area contributed by atoms with Crippen LogP contribution in [0, 0.1) is 11.8 Å². The molecule has 3 aliphatic rings. The van der Waals surface area contributed by atoms with E-state index < -0.39 is 17.1 Å². The molecule has 0 aromatic carbocycles. The SMILES string of the molecule is CC(C)/C1=C/[C@H]2C(=O)CC[C@]2(O)[C@]2(C)CCC=C(CC1)C(=O)O2. The van der Waals surface area contributed by atoms with Crippen molar-refractivity contribution in [1.82, 2.24) is 0 Å². The Bertz CT molecular complexity index is 600. The summed E-state index contributed by atoms with van der Waals surface area (Å²) in [5, 5.41) is 11.4. The Hall–Kier alpha value is -1.42. The molecule has 3 rings (SSSR count). The summed E-state index contributed by atoms with van der Waals surface area (Å²) >= 11 is 0. The molecule has 0 spiro atoms. The van der Waals surface area contributed by atoms with Gasteiger partial charge in [-0.3, -0.25) is 4.79 Å². The number of allylic oxidation sites excluding steroid dienone is 2. The van der Waals surface area contributed by atoms with E-state index in [0.29, 0.717) is 37.7 Å². The smallest absolute Gasteiger partial charge is 0.334 e. The fraction of sp³-hybridized carbons (Fsp3) is 0.684. The number of fused-ring (bicyclic) bond motifs is 5. The molecular weight excluding hydrogens is 292 g/mol. The van der Waals surface area contributed by atoms with Gasteiger partial charge in [-0.2, -0.15) is 0 Å². The maximum Gasteiger partial charge on any atom is 0.334 e. The number of ether oxygens (including phenoxy) is 1. The van der Waals surface area contributed by atoms with Gasteiger partial charge in [0.05, 0.1) is 5.92 Å². The molecule has 0 aromatic rings. The molecule has 2 heterocycles. The molecule has 0 saturated heterocycles. The van der Waals surface area contributed by atoms with Crippen LogP contribution in [0.2, 0.25) is 0 Å². The lowest BCUT2D eigenvalue weighted by molar-refractivity contribution is -0.195. The highest BCUT2D eigenvalue weighted by Gasteiger charge is 2.59. The molecule has 0 radical (unpaired) electrons. The second-order valence-corrected chi connectivity index (χ2v) is 7.65. The summed E-state index contributed by atoms with van der Waals surface area (Å²) < 4.78 is 5.76. The first-order valence-corrected chi connectivity index (χ1v) is 8.65. The Labute approximate surface area is 137 Å². The second kappa shape index (κ2) is 5.59. The van der Waals surface area contributed by atoms with Crippen LogP contribution in [0.5, 0.6) is 0 Å². The molecule has 4 nitrogen and oxygen atoms in total. The molecule has 2 bridgehead atoms. The highest BCUT2D eigenvalue weighted by Crippen LogP contribution is 2.48. The van der Waals surface area contributed by atoms with Crippen molar-refractivity contribution in [3.8, 4) is 0 Å². The molecule has 1 aliphatic carbocycles. The lowest BCUT2D eigenvalue weighted by Crippen LogP contribution is -2.57. The van der Waals surface area contributed by atoms with Crippen LogP contribution in [0.15, 0.2) is 23.3 Å². The number of Topliss-reactive ketones (excluding diaryl/α,β-unsaturated/α-hetero) is 1. The molecule has 0 unspecified atom stereocenters. The third kappa shape index (κ3) is 2.57. The number of esters is 1. The van der Waals surface area contributed by atoms with E-state index in [1.54, 1.807) is 6.92 Å². The lowest BCUT2D eigenvalue weighted by atomic mass is 9.72. The minimum atomic E-state index is -1.31.